The first-order valence-electron chi connectivity index (χ1n) is 12.9. The number of benzene rings is 1. The van der Waals surface area contributed by atoms with Crippen molar-refractivity contribution in [2.45, 2.75) is 26.2 Å². The maximum Gasteiger partial charge on any atom is 0.116 e. The molecule has 0 atom stereocenters. The van der Waals surface area contributed by atoms with E-state index in [4.69, 9.17) is 5.10 Å². The van der Waals surface area contributed by atoms with E-state index < -0.39 is 0 Å². The maximum absolute atomic E-state index is 4.70. The van der Waals surface area contributed by atoms with Crippen LogP contribution in [0.1, 0.15) is 31.7 Å². The monoisotopic (exact) mass is 505 g/mol. The van der Waals surface area contributed by atoms with Crippen LogP contribution in [0.25, 0.3) is 49.2 Å². The van der Waals surface area contributed by atoms with Crippen molar-refractivity contribution in [3.05, 3.63) is 90.1 Å². The molecule has 37 heavy (non-hydrogen) atoms. The van der Waals surface area contributed by atoms with Crippen molar-refractivity contribution < 1.29 is 0 Å². The van der Waals surface area contributed by atoms with Gasteiger partial charge in [0.1, 0.15) is 5.69 Å². The lowest BCUT2D eigenvalue weighted by atomic mass is 9.99. The zero-order valence-electron chi connectivity index (χ0n) is 21.1. The smallest absolute Gasteiger partial charge is 0.116 e. The normalized spacial score (nSPS) is 15.6. The Morgan fingerprint density at radius 1 is 1.08 bits per heavy atom. The SMILES string of the molecule is C=C/C(=C\C(=C/C)c1ccc2[nH]nc(-c3cc4c(-c5cccs5)cncc4[nH]3)c2c1)CN1CCCCC1. The molecule has 186 valence electrons. The first-order chi connectivity index (χ1) is 18.2. The molecule has 4 aromatic heterocycles. The van der Waals surface area contributed by atoms with Gasteiger partial charge in [0.15, 0.2) is 0 Å². The fourth-order valence-electron chi connectivity index (χ4n) is 5.28. The van der Waals surface area contributed by atoms with Crippen molar-refractivity contribution in [1.82, 2.24) is 25.1 Å². The van der Waals surface area contributed by atoms with E-state index in [9.17, 15) is 0 Å². The van der Waals surface area contributed by atoms with E-state index in [1.54, 1.807) is 11.3 Å². The van der Waals surface area contributed by atoms with Gasteiger partial charge in [0.2, 0.25) is 0 Å². The molecule has 1 aliphatic rings. The summed E-state index contributed by atoms with van der Waals surface area (Å²) < 4.78 is 0. The van der Waals surface area contributed by atoms with Gasteiger partial charge in [0.05, 0.1) is 22.9 Å². The molecular formula is C31H31N5S. The molecule has 0 aliphatic carbocycles. The minimum Gasteiger partial charge on any atom is -0.352 e. The number of aromatic nitrogens is 4. The average molecular weight is 506 g/mol. The third-order valence-electron chi connectivity index (χ3n) is 7.25. The van der Waals surface area contributed by atoms with Gasteiger partial charge in [-0.1, -0.05) is 43.4 Å². The number of nitrogens with one attached hydrogen (secondary N) is 2. The first kappa shape index (κ1) is 23.6. The number of thiophene rings is 1. The molecule has 0 amide bonds. The summed E-state index contributed by atoms with van der Waals surface area (Å²) in [6.45, 7) is 9.51. The lowest BCUT2D eigenvalue weighted by molar-refractivity contribution is 0.248. The van der Waals surface area contributed by atoms with Gasteiger partial charge in [-0.25, -0.2) is 0 Å². The Bertz CT molecular complexity index is 1610. The van der Waals surface area contributed by atoms with Crippen molar-refractivity contribution in [1.29, 1.82) is 0 Å². The molecule has 0 spiro atoms. The molecule has 0 saturated carbocycles. The zero-order chi connectivity index (χ0) is 25.2. The summed E-state index contributed by atoms with van der Waals surface area (Å²) >= 11 is 1.73. The summed E-state index contributed by atoms with van der Waals surface area (Å²) in [4.78, 5) is 11.8. The molecular weight excluding hydrogens is 474 g/mol. The molecule has 2 N–H and O–H groups in total. The Balaban J connectivity index is 1.36. The Morgan fingerprint density at radius 3 is 2.76 bits per heavy atom. The molecule has 6 heteroatoms. The highest BCUT2D eigenvalue weighted by atomic mass is 32.1. The Kier molecular flexibility index (Phi) is 6.60. The predicted octanol–water partition coefficient (Wildman–Crippen LogP) is 7.84. The van der Waals surface area contributed by atoms with Crippen LogP contribution in [-0.4, -0.2) is 44.7 Å². The number of fused-ring (bicyclic) bond motifs is 2. The Morgan fingerprint density at radius 2 is 1.97 bits per heavy atom. The van der Waals surface area contributed by atoms with Gasteiger partial charge in [0, 0.05) is 34.0 Å². The number of pyridine rings is 1. The van der Waals surface area contributed by atoms with Crippen LogP contribution in [0, 0.1) is 0 Å². The Labute approximate surface area is 221 Å². The molecule has 1 saturated heterocycles. The number of nitrogens with zero attached hydrogens (tertiary/aromatic N) is 3. The standard InChI is InChI=1S/C31H31N5S/c1-3-21(20-36-12-6-5-7-13-36)15-22(4-2)23-10-11-27-25(16-23)31(35-34-27)28-17-24-26(30-9-8-14-37-30)18-32-19-29(24)33-28/h3-4,8-11,14-19,33H,1,5-7,12-13,20H2,2H3,(H,34,35)/b21-15+,22-4+. The van der Waals surface area contributed by atoms with Crippen LogP contribution in [0.4, 0.5) is 0 Å². The van der Waals surface area contributed by atoms with Crippen molar-refractivity contribution in [3.63, 3.8) is 0 Å². The first-order valence-corrected chi connectivity index (χ1v) is 13.8. The number of hydrogen-bond donors (Lipinski definition) is 2. The molecule has 0 unspecified atom stereocenters. The second-order valence-corrected chi connectivity index (χ2v) is 10.6. The van der Waals surface area contributed by atoms with Gasteiger partial charge in [-0.2, -0.15) is 5.10 Å². The number of allylic oxidation sites excluding steroid dienone is 3. The highest BCUT2D eigenvalue weighted by Gasteiger charge is 2.16. The molecule has 1 aliphatic heterocycles. The van der Waals surface area contributed by atoms with Crippen LogP contribution in [0.3, 0.4) is 0 Å². The molecule has 6 rings (SSSR count). The quantitative estimate of drug-likeness (QED) is 0.222. The molecule has 0 radical (unpaired) electrons. The van der Waals surface area contributed by atoms with Crippen molar-refractivity contribution >= 4 is 38.7 Å². The summed E-state index contributed by atoms with van der Waals surface area (Å²) in [5.41, 5.74) is 8.70. The van der Waals surface area contributed by atoms with Crippen LogP contribution in [0.15, 0.2) is 84.6 Å². The van der Waals surface area contributed by atoms with Gasteiger partial charge in [-0.3, -0.25) is 15.0 Å². The number of piperidine rings is 1. The fraction of sp³-hybridized carbons (Fsp3) is 0.226. The van der Waals surface area contributed by atoms with Crippen LogP contribution >= 0.6 is 11.3 Å². The topological polar surface area (TPSA) is 60.6 Å². The second-order valence-electron chi connectivity index (χ2n) is 9.65. The lowest BCUT2D eigenvalue weighted by Crippen LogP contribution is -2.31. The molecule has 1 aromatic carbocycles. The van der Waals surface area contributed by atoms with Crippen molar-refractivity contribution in [2.24, 2.45) is 0 Å². The molecule has 5 heterocycles. The summed E-state index contributed by atoms with van der Waals surface area (Å²) in [5.74, 6) is 0. The summed E-state index contributed by atoms with van der Waals surface area (Å²) in [7, 11) is 0. The van der Waals surface area contributed by atoms with Crippen LogP contribution in [0.2, 0.25) is 0 Å². The Hall–Kier alpha value is -3.74. The third kappa shape index (κ3) is 4.70. The van der Waals surface area contributed by atoms with E-state index in [0.29, 0.717) is 0 Å². The van der Waals surface area contributed by atoms with Gasteiger partial charge in [-0.05, 0) is 79.2 Å². The molecule has 5 nitrogen and oxygen atoms in total. The number of likely N-dealkylation sites (tertiary alicyclic amines) is 1. The third-order valence-corrected chi connectivity index (χ3v) is 8.16. The van der Waals surface area contributed by atoms with Crippen LogP contribution in [-0.2, 0) is 0 Å². The van der Waals surface area contributed by atoms with Crippen LogP contribution < -0.4 is 0 Å². The summed E-state index contributed by atoms with van der Waals surface area (Å²) in [6.07, 6.45) is 14.2. The number of H-pyrrole nitrogens is 2. The minimum absolute atomic E-state index is 0.918. The van der Waals surface area contributed by atoms with Crippen molar-refractivity contribution in [2.75, 3.05) is 19.6 Å². The maximum atomic E-state index is 4.70. The summed E-state index contributed by atoms with van der Waals surface area (Å²) in [6, 6.07) is 12.9. The highest BCUT2D eigenvalue weighted by Crippen LogP contribution is 2.35. The van der Waals surface area contributed by atoms with Gasteiger partial charge < -0.3 is 4.98 Å². The average Bonchev–Trinajstić information content (AvgIpc) is 3.70. The van der Waals surface area contributed by atoms with Gasteiger partial charge in [-0.15, -0.1) is 11.3 Å². The van der Waals surface area contributed by atoms with E-state index >= 15 is 0 Å². The van der Waals surface area contributed by atoms with E-state index in [1.807, 2.05) is 18.5 Å². The lowest BCUT2D eigenvalue weighted by Gasteiger charge is -2.26. The number of rotatable bonds is 7. The van der Waals surface area contributed by atoms with E-state index in [0.717, 1.165) is 45.3 Å². The molecule has 1 fully saturated rings. The highest BCUT2D eigenvalue weighted by molar-refractivity contribution is 7.13. The van der Waals surface area contributed by atoms with Crippen molar-refractivity contribution in [3.8, 4) is 21.8 Å². The molecule has 5 aromatic rings. The van der Waals surface area contributed by atoms with E-state index in [2.05, 4.69) is 87.4 Å². The minimum atomic E-state index is 0.918. The number of hydrogen-bond acceptors (Lipinski definition) is 4. The number of aromatic amines is 2. The zero-order valence-corrected chi connectivity index (χ0v) is 21.9. The van der Waals surface area contributed by atoms with Gasteiger partial charge >= 0.3 is 0 Å². The van der Waals surface area contributed by atoms with Gasteiger partial charge in [0.25, 0.3) is 0 Å². The van der Waals surface area contributed by atoms with E-state index in [-0.39, 0.29) is 0 Å². The largest absolute Gasteiger partial charge is 0.352 e. The van der Waals surface area contributed by atoms with Crippen LogP contribution in [0.5, 0.6) is 0 Å². The molecule has 0 bridgehead atoms. The second kappa shape index (κ2) is 10.3. The summed E-state index contributed by atoms with van der Waals surface area (Å²) in [5, 5.41) is 12.3. The predicted molar refractivity (Wildman–Crippen MR) is 157 cm³/mol. The fourth-order valence-corrected chi connectivity index (χ4v) is 6.03. The van der Waals surface area contributed by atoms with E-state index in [1.165, 1.54) is 53.9 Å².